The SMILES string of the molecule is Cc1cc(F)cc(NC(=O)C(=O)Nc2cccc(-c3cnco3)c2)c1. The van der Waals surface area contributed by atoms with Crippen molar-refractivity contribution in [3.8, 4) is 11.3 Å². The smallest absolute Gasteiger partial charge is 0.314 e. The maximum absolute atomic E-state index is 13.3. The van der Waals surface area contributed by atoms with Crippen LogP contribution >= 0.6 is 0 Å². The van der Waals surface area contributed by atoms with Crippen molar-refractivity contribution in [2.24, 2.45) is 0 Å². The Morgan fingerprint density at radius 2 is 1.80 bits per heavy atom. The van der Waals surface area contributed by atoms with Gasteiger partial charge in [-0.25, -0.2) is 9.37 Å². The quantitative estimate of drug-likeness (QED) is 0.717. The molecule has 0 aliphatic carbocycles. The summed E-state index contributed by atoms with van der Waals surface area (Å²) in [6, 6.07) is 10.8. The number of nitrogens with zero attached hydrogens (tertiary/aromatic N) is 1. The van der Waals surface area contributed by atoms with Gasteiger partial charge in [-0.2, -0.15) is 0 Å². The van der Waals surface area contributed by atoms with Crippen LogP contribution in [0.15, 0.2) is 59.5 Å². The lowest BCUT2D eigenvalue weighted by molar-refractivity contribution is -0.133. The van der Waals surface area contributed by atoms with Crippen molar-refractivity contribution in [3.63, 3.8) is 0 Å². The molecule has 2 aromatic carbocycles. The molecule has 1 aromatic heterocycles. The van der Waals surface area contributed by atoms with Crippen molar-refractivity contribution in [2.45, 2.75) is 6.92 Å². The van der Waals surface area contributed by atoms with Crippen LogP contribution in [-0.2, 0) is 9.59 Å². The molecule has 2 N–H and O–H groups in total. The fourth-order valence-electron chi connectivity index (χ4n) is 2.29. The zero-order valence-electron chi connectivity index (χ0n) is 13.2. The molecule has 0 aliphatic rings. The number of hydrogen-bond donors (Lipinski definition) is 2. The van der Waals surface area contributed by atoms with Crippen molar-refractivity contribution in [2.75, 3.05) is 10.6 Å². The topological polar surface area (TPSA) is 84.2 Å². The molecule has 0 fully saturated rings. The van der Waals surface area contributed by atoms with Crippen LogP contribution in [0.2, 0.25) is 0 Å². The average molecular weight is 339 g/mol. The lowest BCUT2D eigenvalue weighted by Crippen LogP contribution is -2.29. The van der Waals surface area contributed by atoms with Crippen molar-refractivity contribution in [1.82, 2.24) is 4.98 Å². The number of amides is 2. The second kappa shape index (κ2) is 6.96. The summed E-state index contributed by atoms with van der Waals surface area (Å²) < 4.78 is 18.5. The summed E-state index contributed by atoms with van der Waals surface area (Å²) in [7, 11) is 0. The van der Waals surface area contributed by atoms with Gasteiger partial charge in [-0.3, -0.25) is 9.59 Å². The van der Waals surface area contributed by atoms with Crippen LogP contribution in [0.5, 0.6) is 0 Å². The van der Waals surface area contributed by atoms with Gasteiger partial charge in [0, 0.05) is 16.9 Å². The number of halogens is 1. The normalized spacial score (nSPS) is 10.3. The van der Waals surface area contributed by atoms with Crippen molar-refractivity contribution in [3.05, 3.63) is 66.4 Å². The van der Waals surface area contributed by atoms with Gasteiger partial charge >= 0.3 is 11.8 Å². The highest BCUT2D eigenvalue weighted by Crippen LogP contribution is 2.22. The number of anilines is 2. The molecule has 0 spiro atoms. The molecular formula is C18H14FN3O3. The highest BCUT2D eigenvalue weighted by atomic mass is 19.1. The number of aryl methyl sites for hydroxylation is 1. The van der Waals surface area contributed by atoms with Crippen LogP contribution < -0.4 is 10.6 Å². The zero-order valence-corrected chi connectivity index (χ0v) is 13.2. The van der Waals surface area contributed by atoms with Gasteiger partial charge in [0.1, 0.15) is 5.82 Å². The van der Waals surface area contributed by atoms with Crippen molar-refractivity contribution < 1.29 is 18.4 Å². The Bertz CT molecular complexity index is 903. The summed E-state index contributed by atoms with van der Waals surface area (Å²) in [5, 5.41) is 4.85. The highest BCUT2D eigenvalue weighted by Gasteiger charge is 2.15. The lowest BCUT2D eigenvalue weighted by Gasteiger charge is -2.08. The Hall–Kier alpha value is -3.48. The number of rotatable bonds is 3. The number of benzene rings is 2. The molecule has 1 heterocycles. The number of aromatic nitrogens is 1. The Balaban J connectivity index is 1.69. The second-order valence-corrected chi connectivity index (χ2v) is 5.37. The first kappa shape index (κ1) is 16.4. The van der Waals surface area contributed by atoms with Gasteiger partial charge in [-0.15, -0.1) is 0 Å². The van der Waals surface area contributed by atoms with E-state index in [0.717, 1.165) is 6.07 Å². The first-order valence-corrected chi connectivity index (χ1v) is 7.40. The van der Waals surface area contributed by atoms with Crippen LogP contribution in [-0.4, -0.2) is 16.8 Å². The monoisotopic (exact) mass is 339 g/mol. The van der Waals surface area contributed by atoms with Crippen LogP contribution in [0.1, 0.15) is 5.56 Å². The summed E-state index contributed by atoms with van der Waals surface area (Å²) >= 11 is 0. The fraction of sp³-hybridized carbons (Fsp3) is 0.0556. The molecular weight excluding hydrogens is 325 g/mol. The maximum Gasteiger partial charge on any atom is 0.314 e. The van der Waals surface area contributed by atoms with E-state index in [9.17, 15) is 14.0 Å². The van der Waals surface area contributed by atoms with E-state index < -0.39 is 17.6 Å². The van der Waals surface area contributed by atoms with Gasteiger partial charge < -0.3 is 15.1 Å². The Kier molecular flexibility index (Phi) is 4.56. The van der Waals surface area contributed by atoms with E-state index in [0.29, 0.717) is 22.6 Å². The maximum atomic E-state index is 13.3. The summed E-state index contributed by atoms with van der Waals surface area (Å²) in [6.45, 7) is 1.69. The van der Waals surface area contributed by atoms with E-state index >= 15 is 0 Å². The molecule has 7 heteroatoms. The standard InChI is InChI=1S/C18H14FN3O3/c1-11-5-13(19)8-15(6-11)22-18(24)17(23)21-14-4-2-3-12(7-14)16-9-20-10-25-16/h2-10H,1H3,(H,21,23)(H,22,24). The average Bonchev–Trinajstić information content (AvgIpc) is 3.08. The van der Waals surface area contributed by atoms with E-state index in [4.69, 9.17) is 4.42 Å². The number of nitrogens with one attached hydrogen (secondary N) is 2. The fourth-order valence-corrected chi connectivity index (χ4v) is 2.29. The van der Waals surface area contributed by atoms with Gasteiger partial charge in [0.25, 0.3) is 0 Å². The molecule has 126 valence electrons. The van der Waals surface area contributed by atoms with Gasteiger partial charge in [-0.05, 0) is 42.8 Å². The van der Waals surface area contributed by atoms with Gasteiger partial charge in [0.05, 0.1) is 6.20 Å². The number of hydrogen-bond acceptors (Lipinski definition) is 4. The van der Waals surface area contributed by atoms with E-state index in [1.54, 1.807) is 43.5 Å². The van der Waals surface area contributed by atoms with Gasteiger partial charge in [-0.1, -0.05) is 12.1 Å². The van der Waals surface area contributed by atoms with E-state index in [-0.39, 0.29) is 5.69 Å². The first-order chi connectivity index (χ1) is 12.0. The summed E-state index contributed by atoms with van der Waals surface area (Å²) in [5.41, 5.74) is 1.98. The molecule has 2 amide bonds. The minimum Gasteiger partial charge on any atom is -0.444 e. The molecule has 0 bridgehead atoms. The number of carbonyl (C=O) groups excluding carboxylic acids is 2. The molecule has 0 atom stereocenters. The third kappa shape index (κ3) is 4.08. The molecule has 0 saturated heterocycles. The molecule has 25 heavy (non-hydrogen) atoms. The van der Waals surface area contributed by atoms with Crippen molar-refractivity contribution >= 4 is 23.2 Å². The van der Waals surface area contributed by atoms with Crippen LogP contribution in [0.3, 0.4) is 0 Å². The summed E-state index contributed by atoms with van der Waals surface area (Å²) in [5.74, 6) is -1.71. The summed E-state index contributed by atoms with van der Waals surface area (Å²) in [6.07, 6.45) is 2.84. The third-order valence-corrected chi connectivity index (χ3v) is 3.34. The van der Waals surface area contributed by atoms with E-state index in [2.05, 4.69) is 15.6 Å². The zero-order chi connectivity index (χ0) is 17.8. The number of carbonyl (C=O) groups is 2. The lowest BCUT2D eigenvalue weighted by atomic mass is 10.1. The molecule has 0 aliphatic heterocycles. The van der Waals surface area contributed by atoms with E-state index in [1.807, 2.05) is 0 Å². The molecule has 0 unspecified atom stereocenters. The Labute approximate surface area is 142 Å². The molecule has 3 aromatic rings. The first-order valence-electron chi connectivity index (χ1n) is 7.40. The minimum atomic E-state index is -0.893. The Morgan fingerprint density at radius 3 is 2.48 bits per heavy atom. The largest absolute Gasteiger partial charge is 0.444 e. The second-order valence-electron chi connectivity index (χ2n) is 5.37. The minimum absolute atomic E-state index is 0.216. The molecule has 3 rings (SSSR count). The predicted molar refractivity (Wildman–Crippen MR) is 90.3 cm³/mol. The Morgan fingerprint density at radius 1 is 1.04 bits per heavy atom. The van der Waals surface area contributed by atoms with Gasteiger partial charge in [0.2, 0.25) is 0 Å². The third-order valence-electron chi connectivity index (χ3n) is 3.34. The van der Waals surface area contributed by atoms with E-state index in [1.165, 1.54) is 12.5 Å². The molecule has 0 saturated carbocycles. The number of oxazole rings is 1. The predicted octanol–water partition coefficient (Wildman–Crippen LogP) is 3.37. The summed E-state index contributed by atoms with van der Waals surface area (Å²) in [4.78, 5) is 27.8. The molecule has 6 nitrogen and oxygen atoms in total. The molecule has 0 radical (unpaired) electrons. The van der Waals surface area contributed by atoms with Gasteiger partial charge in [0.15, 0.2) is 12.2 Å². The van der Waals surface area contributed by atoms with Crippen LogP contribution in [0.4, 0.5) is 15.8 Å². The highest BCUT2D eigenvalue weighted by molar-refractivity contribution is 6.43. The van der Waals surface area contributed by atoms with Crippen LogP contribution in [0.25, 0.3) is 11.3 Å². The van der Waals surface area contributed by atoms with Crippen molar-refractivity contribution in [1.29, 1.82) is 0 Å². The van der Waals surface area contributed by atoms with Crippen LogP contribution in [0, 0.1) is 12.7 Å².